The van der Waals surface area contributed by atoms with Crippen LogP contribution in [-0.4, -0.2) is 31.1 Å². The molecule has 0 aromatic rings. The zero-order chi connectivity index (χ0) is 11.1. The molecule has 1 atom stereocenters. The second-order valence-corrected chi connectivity index (χ2v) is 4.77. The highest BCUT2D eigenvalue weighted by Crippen LogP contribution is 2.20. The van der Waals surface area contributed by atoms with Crippen LogP contribution >= 0.6 is 0 Å². The van der Waals surface area contributed by atoms with Crippen LogP contribution in [0.3, 0.4) is 0 Å². The van der Waals surface area contributed by atoms with E-state index in [1.54, 1.807) is 5.57 Å². The van der Waals surface area contributed by atoms with Gasteiger partial charge in [0.25, 0.3) is 0 Å². The first-order valence-electron chi connectivity index (χ1n) is 6.32. The van der Waals surface area contributed by atoms with Crippen molar-refractivity contribution in [2.45, 2.75) is 51.5 Å². The summed E-state index contributed by atoms with van der Waals surface area (Å²) < 4.78 is 0. The third-order valence-corrected chi connectivity index (χ3v) is 3.51. The SMILES string of the molecule is CC(CCN)N(C)CCC1=CCCCC1. The Balaban J connectivity index is 2.20. The van der Waals surface area contributed by atoms with Crippen LogP contribution in [0.5, 0.6) is 0 Å². The maximum absolute atomic E-state index is 5.57. The van der Waals surface area contributed by atoms with E-state index in [9.17, 15) is 0 Å². The molecule has 0 bridgehead atoms. The molecule has 88 valence electrons. The van der Waals surface area contributed by atoms with Crippen LogP contribution < -0.4 is 5.73 Å². The average Bonchev–Trinajstić information content (AvgIpc) is 2.27. The summed E-state index contributed by atoms with van der Waals surface area (Å²) in [5, 5.41) is 0. The van der Waals surface area contributed by atoms with Gasteiger partial charge in [0.1, 0.15) is 0 Å². The summed E-state index contributed by atoms with van der Waals surface area (Å²) in [6, 6.07) is 0.624. The van der Waals surface area contributed by atoms with Crippen molar-refractivity contribution >= 4 is 0 Å². The minimum atomic E-state index is 0.624. The third kappa shape index (κ3) is 4.80. The van der Waals surface area contributed by atoms with Crippen molar-refractivity contribution in [3.63, 3.8) is 0 Å². The number of hydrogen-bond donors (Lipinski definition) is 1. The quantitative estimate of drug-likeness (QED) is 0.683. The lowest BCUT2D eigenvalue weighted by Gasteiger charge is -2.25. The van der Waals surface area contributed by atoms with Crippen molar-refractivity contribution < 1.29 is 0 Å². The molecule has 2 heteroatoms. The molecular formula is C13H26N2. The van der Waals surface area contributed by atoms with Gasteiger partial charge in [-0.15, -0.1) is 0 Å². The van der Waals surface area contributed by atoms with E-state index in [4.69, 9.17) is 5.73 Å². The Kier molecular flexibility index (Phi) is 5.96. The van der Waals surface area contributed by atoms with Crippen molar-refractivity contribution in [3.05, 3.63) is 11.6 Å². The lowest BCUT2D eigenvalue weighted by molar-refractivity contribution is 0.250. The minimum absolute atomic E-state index is 0.624. The molecule has 0 aromatic heterocycles. The summed E-state index contributed by atoms with van der Waals surface area (Å²) in [4.78, 5) is 2.43. The molecule has 0 fully saturated rings. The Bertz CT molecular complexity index is 199. The summed E-state index contributed by atoms with van der Waals surface area (Å²) in [5.74, 6) is 0. The van der Waals surface area contributed by atoms with E-state index in [2.05, 4.69) is 24.9 Å². The number of allylic oxidation sites excluding steroid dienone is 1. The Morgan fingerprint density at radius 3 is 2.87 bits per heavy atom. The fraction of sp³-hybridized carbons (Fsp3) is 0.846. The Morgan fingerprint density at radius 1 is 1.47 bits per heavy atom. The molecule has 0 radical (unpaired) electrons. The maximum Gasteiger partial charge on any atom is 0.00760 e. The van der Waals surface area contributed by atoms with Gasteiger partial charge in [0.15, 0.2) is 0 Å². The van der Waals surface area contributed by atoms with Gasteiger partial charge in [-0.25, -0.2) is 0 Å². The highest BCUT2D eigenvalue weighted by Gasteiger charge is 2.09. The van der Waals surface area contributed by atoms with E-state index < -0.39 is 0 Å². The molecule has 2 N–H and O–H groups in total. The van der Waals surface area contributed by atoms with Crippen LogP contribution in [0.15, 0.2) is 11.6 Å². The molecule has 1 aliphatic carbocycles. The molecule has 1 rings (SSSR count). The van der Waals surface area contributed by atoms with Crippen LogP contribution in [0.2, 0.25) is 0 Å². The minimum Gasteiger partial charge on any atom is -0.330 e. The molecular weight excluding hydrogens is 184 g/mol. The van der Waals surface area contributed by atoms with E-state index in [1.165, 1.54) is 38.6 Å². The second-order valence-electron chi connectivity index (χ2n) is 4.77. The molecule has 1 unspecified atom stereocenters. The van der Waals surface area contributed by atoms with Gasteiger partial charge in [-0.05, 0) is 59.0 Å². The van der Waals surface area contributed by atoms with E-state index >= 15 is 0 Å². The van der Waals surface area contributed by atoms with Gasteiger partial charge in [0, 0.05) is 12.6 Å². The van der Waals surface area contributed by atoms with E-state index in [0.717, 1.165) is 13.0 Å². The highest BCUT2D eigenvalue weighted by molar-refractivity contribution is 5.05. The van der Waals surface area contributed by atoms with Gasteiger partial charge in [0.2, 0.25) is 0 Å². The standard InChI is InChI=1S/C13H26N2/c1-12(8-10-14)15(2)11-9-13-6-4-3-5-7-13/h6,12H,3-5,7-11,14H2,1-2H3. The van der Waals surface area contributed by atoms with E-state index in [0.29, 0.717) is 6.04 Å². The molecule has 2 nitrogen and oxygen atoms in total. The summed E-state index contributed by atoms with van der Waals surface area (Å²) in [6.45, 7) is 4.25. The zero-order valence-electron chi connectivity index (χ0n) is 10.3. The zero-order valence-corrected chi connectivity index (χ0v) is 10.3. The average molecular weight is 210 g/mol. The number of nitrogens with zero attached hydrogens (tertiary/aromatic N) is 1. The Labute approximate surface area is 94.5 Å². The maximum atomic E-state index is 5.57. The first kappa shape index (κ1) is 12.7. The summed E-state index contributed by atoms with van der Waals surface area (Å²) in [7, 11) is 2.21. The second kappa shape index (κ2) is 7.02. The molecule has 0 heterocycles. The van der Waals surface area contributed by atoms with Gasteiger partial charge in [-0.2, -0.15) is 0 Å². The Morgan fingerprint density at radius 2 is 2.27 bits per heavy atom. The third-order valence-electron chi connectivity index (χ3n) is 3.51. The largest absolute Gasteiger partial charge is 0.330 e. The van der Waals surface area contributed by atoms with Gasteiger partial charge < -0.3 is 10.6 Å². The van der Waals surface area contributed by atoms with Crippen LogP contribution in [0.4, 0.5) is 0 Å². The van der Waals surface area contributed by atoms with Gasteiger partial charge in [-0.1, -0.05) is 11.6 Å². The summed E-state index contributed by atoms with van der Waals surface area (Å²) >= 11 is 0. The van der Waals surface area contributed by atoms with Crippen LogP contribution in [0.25, 0.3) is 0 Å². The molecule has 0 saturated heterocycles. The summed E-state index contributed by atoms with van der Waals surface area (Å²) in [5.41, 5.74) is 7.24. The fourth-order valence-electron chi connectivity index (χ4n) is 2.13. The van der Waals surface area contributed by atoms with Crippen molar-refractivity contribution in [1.82, 2.24) is 4.90 Å². The van der Waals surface area contributed by atoms with Crippen molar-refractivity contribution in [2.24, 2.45) is 5.73 Å². The predicted molar refractivity (Wildman–Crippen MR) is 66.9 cm³/mol. The van der Waals surface area contributed by atoms with Crippen LogP contribution in [0, 0.1) is 0 Å². The molecule has 0 amide bonds. The first-order valence-corrected chi connectivity index (χ1v) is 6.32. The fourth-order valence-corrected chi connectivity index (χ4v) is 2.13. The molecule has 1 aliphatic rings. The molecule has 0 aliphatic heterocycles. The van der Waals surface area contributed by atoms with Gasteiger partial charge in [0.05, 0.1) is 0 Å². The monoisotopic (exact) mass is 210 g/mol. The van der Waals surface area contributed by atoms with E-state index in [-0.39, 0.29) is 0 Å². The smallest absolute Gasteiger partial charge is 0.00760 e. The highest BCUT2D eigenvalue weighted by atomic mass is 15.1. The number of hydrogen-bond acceptors (Lipinski definition) is 2. The van der Waals surface area contributed by atoms with Gasteiger partial charge in [-0.3, -0.25) is 0 Å². The van der Waals surface area contributed by atoms with Crippen LogP contribution in [-0.2, 0) is 0 Å². The van der Waals surface area contributed by atoms with Crippen molar-refractivity contribution in [1.29, 1.82) is 0 Å². The van der Waals surface area contributed by atoms with Gasteiger partial charge >= 0.3 is 0 Å². The number of nitrogens with two attached hydrogens (primary N) is 1. The van der Waals surface area contributed by atoms with Crippen molar-refractivity contribution in [3.8, 4) is 0 Å². The van der Waals surface area contributed by atoms with Crippen LogP contribution in [0.1, 0.15) is 45.4 Å². The molecule has 0 saturated carbocycles. The molecule has 0 aromatic carbocycles. The normalized spacial score (nSPS) is 19.1. The predicted octanol–water partition coefficient (Wildman–Crippen LogP) is 2.55. The van der Waals surface area contributed by atoms with E-state index in [1.807, 2.05) is 0 Å². The molecule has 15 heavy (non-hydrogen) atoms. The first-order chi connectivity index (χ1) is 7.24. The Hall–Kier alpha value is -0.340. The number of rotatable bonds is 6. The lowest BCUT2D eigenvalue weighted by Crippen LogP contribution is -2.32. The summed E-state index contributed by atoms with van der Waals surface area (Å²) in [6.07, 6.45) is 10.2. The van der Waals surface area contributed by atoms with Crippen molar-refractivity contribution in [2.75, 3.05) is 20.1 Å². The molecule has 0 spiro atoms. The lowest BCUT2D eigenvalue weighted by atomic mass is 9.97. The topological polar surface area (TPSA) is 29.3 Å².